The van der Waals surface area contributed by atoms with Crippen molar-refractivity contribution in [2.75, 3.05) is 20.0 Å². The largest absolute Gasteiger partial charge is 0.256 e. The van der Waals surface area contributed by atoms with Crippen molar-refractivity contribution in [3.63, 3.8) is 0 Å². The Labute approximate surface area is 121 Å². The third-order valence-corrected chi connectivity index (χ3v) is 5.40. The van der Waals surface area contributed by atoms with Gasteiger partial charge in [-0.05, 0) is 23.6 Å². The topological polar surface area (TPSA) is 12.9 Å². The van der Waals surface area contributed by atoms with Gasteiger partial charge in [-0.2, -0.15) is 0 Å². The van der Waals surface area contributed by atoms with Crippen molar-refractivity contribution in [3.8, 4) is 11.3 Å². The van der Waals surface area contributed by atoms with Gasteiger partial charge < -0.3 is 0 Å². The van der Waals surface area contributed by atoms with E-state index in [1.165, 1.54) is 21.6 Å². The van der Waals surface area contributed by atoms with Gasteiger partial charge in [0, 0.05) is 24.4 Å². The second kappa shape index (κ2) is 5.00. The highest BCUT2D eigenvalue weighted by atomic mass is 31.2. The highest BCUT2D eigenvalue weighted by Gasteiger charge is 2.21. The second-order valence-corrected chi connectivity index (χ2v) is 10.5. The van der Waals surface area contributed by atoms with E-state index in [1.54, 1.807) is 0 Å². The zero-order valence-corrected chi connectivity index (χ0v) is 13.1. The molecule has 3 rings (SSSR count). The summed E-state index contributed by atoms with van der Waals surface area (Å²) < 4.78 is 0. The van der Waals surface area contributed by atoms with Gasteiger partial charge in [-0.3, -0.25) is 4.98 Å². The smallest absolute Gasteiger partial charge is 0.0937 e. The van der Waals surface area contributed by atoms with Gasteiger partial charge in [-0.15, -0.1) is 0 Å². The molecule has 0 aliphatic rings. The van der Waals surface area contributed by atoms with Crippen LogP contribution in [0.5, 0.6) is 0 Å². The van der Waals surface area contributed by atoms with Gasteiger partial charge in [0.1, 0.15) is 0 Å². The summed E-state index contributed by atoms with van der Waals surface area (Å²) in [6.45, 7) is 7.05. The normalized spacial score (nSPS) is 11.8. The summed E-state index contributed by atoms with van der Waals surface area (Å²) in [5.41, 5.74) is 2.30. The number of rotatable bonds is 2. The van der Waals surface area contributed by atoms with Crippen molar-refractivity contribution in [1.82, 2.24) is 4.98 Å². The lowest BCUT2D eigenvalue weighted by molar-refractivity contribution is 1.36. The molecule has 2 heteroatoms. The molecular weight excluding hydrogens is 261 g/mol. The van der Waals surface area contributed by atoms with Crippen molar-refractivity contribution >= 4 is 23.3 Å². The van der Waals surface area contributed by atoms with E-state index in [0.717, 1.165) is 5.69 Å². The summed E-state index contributed by atoms with van der Waals surface area (Å²) in [5, 5.41) is 3.91. The van der Waals surface area contributed by atoms with Crippen LogP contribution >= 0.6 is 7.26 Å². The lowest BCUT2D eigenvalue weighted by Gasteiger charge is -2.13. The molecule has 0 fully saturated rings. The van der Waals surface area contributed by atoms with Crippen LogP contribution in [0.25, 0.3) is 22.0 Å². The molecule has 0 saturated heterocycles. The van der Waals surface area contributed by atoms with E-state index in [0.29, 0.717) is 0 Å². The fourth-order valence-electron chi connectivity index (χ4n) is 2.42. The summed E-state index contributed by atoms with van der Waals surface area (Å²) in [5.74, 6) is 0. The molecule has 1 nitrogen and oxygen atoms in total. The van der Waals surface area contributed by atoms with Crippen LogP contribution in [0.2, 0.25) is 0 Å². The summed E-state index contributed by atoms with van der Waals surface area (Å²) >= 11 is 0. The molecule has 0 bridgehead atoms. The predicted molar refractivity (Wildman–Crippen MR) is 91.5 cm³/mol. The van der Waals surface area contributed by atoms with Crippen LogP contribution in [0.4, 0.5) is 0 Å². The monoisotopic (exact) mass is 280 g/mol. The van der Waals surface area contributed by atoms with Crippen LogP contribution in [0.1, 0.15) is 0 Å². The number of fused-ring (bicyclic) bond motifs is 1. The minimum Gasteiger partial charge on any atom is -0.256 e. The summed E-state index contributed by atoms with van der Waals surface area (Å²) in [4.78, 5) is 4.61. The molecule has 0 radical (unpaired) electrons. The molecule has 1 heterocycles. The average Bonchev–Trinajstić information content (AvgIpc) is 2.46. The number of hydrogen-bond acceptors (Lipinski definition) is 1. The van der Waals surface area contributed by atoms with Gasteiger partial charge >= 0.3 is 0 Å². The van der Waals surface area contributed by atoms with E-state index in [-0.39, 0.29) is 0 Å². The fraction of sp³-hybridized carbons (Fsp3) is 0.167. The van der Waals surface area contributed by atoms with E-state index in [9.17, 15) is 0 Å². The van der Waals surface area contributed by atoms with Gasteiger partial charge in [-0.1, -0.05) is 36.4 Å². The highest BCUT2D eigenvalue weighted by molar-refractivity contribution is 7.80. The average molecular weight is 280 g/mol. The predicted octanol–water partition coefficient (Wildman–Crippen LogP) is 4.43. The number of aromatic nitrogens is 1. The minimum absolute atomic E-state index is 1.00. The molecule has 0 atom stereocenters. The highest BCUT2D eigenvalue weighted by Crippen LogP contribution is 2.45. The molecule has 0 saturated carbocycles. The van der Waals surface area contributed by atoms with Crippen LogP contribution in [0, 0.1) is 0 Å². The first kappa shape index (κ1) is 13.3. The first-order valence-electron chi connectivity index (χ1n) is 6.82. The Balaban J connectivity index is 2.21. The van der Waals surface area contributed by atoms with Crippen LogP contribution in [-0.4, -0.2) is 25.0 Å². The first-order chi connectivity index (χ1) is 9.55. The maximum Gasteiger partial charge on any atom is 0.0937 e. The van der Waals surface area contributed by atoms with Crippen molar-refractivity contribution in [1.29, 1.82) is 0 Å². The van der Waals surface area contributed by atoms with E-state index >= 15 is 0 Å². The van der Waals surface area contributed by atoms with Crippen molar-refractivity contribution in [3.05, 3.63) is 60.8 Å². The number of benzene rings is 2. The molecule has 0 spiro atoms. The van der Waals surface area contributed by atoms with Gasteiger partial charge in [0.2, 0.25) is 0 Å². The molecule has 0 aliphatic heterocycles. The standard InChI is InChI=1S/C18H19NP/c1-20(2,3)16-9-6-8-15(13-16)18-17-10-5-4-7-14(17)11-12-19-18/h4-13H,1-3H3/q+1. The Bertz CT molecular complexity index is 751. The van der Waals surface area contributed by atoms with E-state index in [2.05, 4.69) is 79.6 Å². The quantitative estimate of drug-likeness (QED) is 0.633. The Hall–Kier alpha value is -1.72. The van der Waals surface area contributed by atoms with E-state index in [4.69, 9.17) is 0 Å². The SMILES string of the molecule is C[P+](C)(C)c1cccc(-c2nccc3ccccc23)c1. The van der Waals surface area contributed by atoms with Crippen molar-refractivity contribution in [2.24, 2.45) is 0 Å². The van der Waals surface area contributed by atoms with Crippen molar-refractivity contribution in [2.45, 2.75) is 0 Å². The Morgan fingerprint density at radius 1 is 0.850 bits per heavy atom. The molecule has 100 valence electrons. The minimum atomic E-state index is -1.00. The fourth-order valence-corrected chi connectivity index (χ4v) is 3.48. The third kappa shape index (κ3) is 2.46. The Kier molecular flexibility index (Phi) is 3.31. The summed E-state index contributed by atoms with van der Waals surface area (Å²) in [7, 11) is -1.00. The molecule has 0 amide bonds. The van der Waals surface area contributed by atoms with Gasteiger partial charge in [-0.25, -0.2) is 0 Å². The van der Waals surface area contributed by atoms with Crippen LogP contribution in [0.15, 0.2) is 60.8 Å². The molecule has 20 heavy (non-hydrogen) atoms. The molecular formula is C18H19NP+. The lowest BCUT2D eigenvalue weighted by atomic mass is 10.0. The zero-order chi connectivity index (χ0) is 14.2. The van der Waals surface area contributed by atoms with Gasteiger partial charge in [0.05, 0.1) is 31.0 Å². The number of hydrogen-bond donors (Lipinski definition) is 0. The molecule has 0 aliphatic carbocycles. The summed E-state index contributed by atoms with van der Waals surface area (Å²) in [6.07, 6.45) is 1.90. The first-order valence-corrected chi connectivity index (χ1v) is 9.95. The third-order valence-electron chi connectivity index (χ3n) is 3.57. The molecule has 2 aromatic carbocycles. The summed E-state index contributed by atoms with van der Waals surface area (Å²) in [6, 6.07) is 19.4. The van der Waals surface area contributed by atoms with Crippen LogP contribution < -0.4 is 5.30 Å². The molecule has 0 N–H and O–H groups in total. The van der Waals surface area contributed by atoms with Crippen LogP contribution in [-0.2, 0) is 0 Å². The number of pyridine rings is 1. The second-order valence-electron chi connectivity index (χ2n) is 5.94. The molecule has 0 unspecified atom stereocenters. The van der Waals surface area contributed by atoms with Gasteiger partial charge in [0.15, 0.2) is 0 Å². The van der Waals surface area contributed by atoms with Gasteiger partial charge in [0.25, 0.3) is 0 Å². The Morgan fingerprint density at radius 3 is 2.45 bits per heavy atom. The number of nitrogens with zero attached hydrogens (tertiary/aromatic N) is 1. The maximum atomic E-state index is 4.61. The zero-order valence-electron chi connectivity index (χ0n) is 12.2. The van der Waals surface area contributed by atoms with Crippen molar-refractivity contribution < 1.29 is 0 Å². The van der Waals surface area contributed by atoms with E-state index in [1.807, 2.05) is 6.20 Å². The van der Waals surface area contributed by atoms with Crippen LogP contribution in [0.3, 0.4) is 0 Å². The lowest BCUT2D eigenvalue weighted by Crippen LogP contribution is -2.07. The van der Waals surface area contributed by atoms with E-state index < -0.39 is 7.26 Å². The maximum absolute atomic E-state index is 4.61. The molecule has 3 aromatic rings. The molecule has 1 aromatic heterocycles. The Morgan fingerprint density at radius 2 is 1.65 bits per heavy atom.